The highest BCUT2D eigenvalue weighted by atomic mass is 16.2. The maximum Gasteiger partial charge on any atom is 0.242 e. The molecule has 3 aliphatic rings. The van der Waals surface area contributed by atoms with E-state index in [0.717, 1.165) is 24.8 Å². The lowest BCUT2D eigenvalue weighted by atomic mass is 10.1. The average Bonchev–Trinajstić information content (AvgIpc) is 3.22. The number of piperidine rings is 1. The molecule has 2 amide bonds. The van der Waals surface area contributed by atoms with Gasteiger partial charge in [-0.15, -0.1) is 0 Å². The predicted molar refractivity (Wildman–Crippen MR) is 108 cm³/mol. The number of fused-ring (bicyclic) bond motifs is 1. The standard InChI is InChI=1S/C22H29N5O2/c1-14(15-6-4-3-5-7-15)26-9-8-19(22(26)29)25(2)13-18(24)21(28)27-17(12-23)10-16-11-20(16)27/h3-7,14,16-20H,8-11,13,24H2,1-2H3/t14-,16+,17-,18-,19-,20-/m0/s1. The number of amides is 2. The second-order valence-electron chi connectivity index (χ2n) is 8.66. The summed E-state index contributed by atoms with van der Waals surface area (Å²) in [4.78, 5) is 31.4. The first kappa shape index (κ1) is 19.9. The van der Waals surface area contributed by atoms with Gasteiger partial charge in [-0.25, -0.2) is 0 Å². The van der Waals surface area contributed by atoms with Crippen LogP contribution in [0.25, 0.3) is 0 Å². The monoisotopic (exact) mass is 395 g/mol. The van der Waals surface area contributed by atoms with E-state index in [1.807, 2.05) is 54.1 Å². The maximum atomic E-state index is 13.0. The Hall–Kier alpha value is -2.43. The fourth-order valence-electron chi connectivity index (χ4n) is 4.99. The van der Waals surface area contributed by atoms with Crippen LogP contribution in [-0.2, 0) is 9.59 Å². The number of hydrogen-bond acceptors (Lipinski definition) is 5. The lowest BCUT2D eigenvalue weighted by Crippen LogP contribution is -2.53. The van der Waals surface area contributed by atoms with Gasteiger partial charge >= 0.3 is 0 Å². The fourth-order valence-corrected chi connectivity index (χ4v) is 4.99. The second-order valence-corrected chi connectivity index (χ2v) is 8.66. The zero-order valence-electron chi connectivity index (χ0n) is 17.1. The zero-order chi connectivity index (χ0) is 20.7. The Morgan fingerprint density at radius 3 is 2.76 bits per heavy atom. The molecule has 2 saturated heterocycles. The van der Waals surface area contributed by atoms with E-state index in [-0.39, 0.29) is 36.0 Å². The molecule has 29 heavy (non-hydrogen) atoms. The van der Waals surface area contributed by atoms with Crippen LogP contribution in [0.3, 0.4) is 0 Å². The third kappa shape index (κ3) is 3.63. The molecule has 0 aromatic heterocycles. The van der Waals surface area contributed by atoms with Crippen molar-refractivity contribution in [3.63, 3.8) is 0 Å². The summed E-state index contributed by atoms with van der Waals surface area (Å²) in [6.07, 6.45) is 2.48. The molecule has 0 spiro atoms. The maximum absolute atomic E-state index is 13.0. The smallest absolute Gasteiger partial charge is 0.242 e. The van der Waals surface area contributed by atoms with Crippen LogP contribution in [0.5, 0.6) is 0 Å². The van der Waals surface area contributed by atoms with Crippen molar-refractivity contribution in [1.82, 2.24) is 14.7 Å². The van der Waals surface area contributed by atoms with E-state index in [4.69, 9.17) is 5.73 Å². The van der Waals surface area contributed by atoms with Crippen molar-refractivity contribution in [2.45, 2.75) is 56.4 Å². The minimum atomic E-state index is -0.719. The summed E-state index contributed by atoms with van der Waals surface area (Å²) in [6.45, 7) is 3.06. The fraction of sp³-hybridized carbons (Fsp3) is 0.591. The number of nitriles is 1. The van der Waals surface area contributed by atoms with Crippen molar-refractivity contribution in [1.29, 1.82) is 5.26 Å². The van der Waals surface area contributed by atoms with E-state index in [1.54, 1.807) is 4.90 Å². The van der Waals surface area contributed by atoms with E-state index in [2.05, 4.69) is 6.07 Å². The number of carbonyl (C=O) groups excluding carboxylic acids is 2. The van der Waals surface area contributed by atoms with Crippen LogP contribution < -0.4 is 5.73 Å². The first-order valence-corrected chi connectivity index (χ1v) is 10.5. The largest absolute Gasteiger partial charge is 0.335 e. The van der Waals surface area contributed by atoms with Gasteiger partial charge < -0.3 is 15.5 Å². The number of likely N-dealkylation sites (N-methyl/N-ethyl adjacent to an activating group) is 1. The molecular formula is C22H29N5O2. The summed E-state index contributed by atoms with van der Waals surface area (Å²) < 4.78 is 0. The minimum Gasteiger partial charge on any atom is -0.335 e. The summed E-state index contributed by atoms with van der Waals surface area (Å²) in [5, 5.41) is 9.32. The molecule has 1 saturated carbocycles. The summed E-state index contributed by atoms with van der Waals surface area (Å²) in [6, 6.07) is 11.1. The van der Waals surface area contributed by atoms with E-state index in [1.165, 1.54) is 0 Å². The van der Waals surface area contributed by atoms with Gasteiger partial charge in [-0.2, -0.15) is 5.26 Å². The van der Waals surface area contributed by atoms with Gasteiger partial charge in [-0.1, -0.05) is 30.3 Å². The first-order valence-electron chi connectivity index (χ1n) is 10.5. The van der Waals surface area contributed by atoms with Gasteiger partial charge in [-0.3, -0.25) is 14.5 Å². The molecule has 7 nitrogen and oxygen atoms in total. The van der Waals surface area contributed by atoms with Crippen LogP contribution in [0, 0.1) is 17.2 Å². The Kier molecular flexibility index (Phi) is 5.32. The van der Waals surface area contributed by atoms with Crippen LogP contribution in [-0.4, -0.2) is 70.8 Å². The Morgan fingerprint density at radius 2 is 2.07 bits per heavy atom. The van der Waals surface area contributed by atoms with Gasteiger partial charge in [0.15, 0.2) is 0 Å². The number of hydrogen-bond donors (Lipinski definition) is 1. The van der Waals surface area contributed by atoms with Crippen molar-refractivity contribution in [2.75, 3.05) is 20.1 Å². The van der Waals surface area contributed by atoms with Crippen molar-refractivity contribution in [3.8, 4) is 6.07 Å². The van der Waals surface area contributed by atoms with Crippen molar-refractivity contribution < 1.29 is 9.59 Å². The van der Waals surface area contributed by atoms with Gasteiger partial charge in [-0.05, 0) is 44.7 Å². The molecule has 7 heteroatoms. The summed E-state index contributed by atoms with van der Waals surface area (Å²) >= 11 is 0. The Labute approximate surface area is 172 Å². The van der Waals surface area contributed by atoms with E-state index >= 15 is 0 Å². The van der Waals surface area contributed by atoms with E-state index in [0.29, 0.717) is 19.0 Å². The van der Waals surface area contributed by atoms with Gasteiger partial charge in [0.05, 0.1) is 24.2 Å². The van der Waals surface area contributed by atoms with E-state index in [9.17, 15) is 14.9 Å². The molecule has 1 aromatic carbocycles. The number of likely N-dealkylation sites (tertiary alicyclic amines) is 2. The third-order valence-electron chi connectivity index (χ3n) is 6.80. The highest BCUT2D eigenvalue weighted by Crippen LogP contribution is 2.47. The molecule has 6 atom stereocenters. The van der Waals surface area contributed by atoms with Gasteiger partial charge in [0.1, 0.15) is 6.04 Å². The van der Waals surface area contributed by atoms with Gasteiger partial charge in [0.25, 0.3) is 0 Å². The Bertz CT molecular complexity index is 822. The number of rotatable bonds is 6. The Balaban J connectivity index is 1.36. The van der Waals surface area contributed by atoms with Gasteiger partial charge in [0, 0.05) is 19.1 Å². The minimum absolute atomic E-state index is 0.0187. The predicted octanol–water partition coefficient (Wildman–Crippen LogP) is 1.12. The summed E-state index contributed by atoms with van der Waals surface area (Å²) in [5.74, 6) is 0.396. The van der Waals surface area contributed by atoms with Crippen LogP contribution >= 0.6 is 0 Å². The summed E-state index contributed by atoms with van der Waals surface area (Å²) in [7, 11) is 1.86. The molecule has 2 heterocycles. The van der Waals surface area contributed by atoms with Crippen molar-refractivity contribution >= 4 is 11.8 Å². The molecule has 1 aromatic rings. The summed E-state index contributed by atoms with van der Waals surface area (Å²) in [5.41, 5.74) is 7.34. The molecular weight excluding hydrogens is 366 g/mol. The molecule has 4 rings (SSSR count). The quantitative estimate of drug-likeness (QED) is 0.779. The lowest BCUT2D eigenvalue weighted by molar-refractivity contribution is -0.136. The number of benzene rings is 1. The normalized spacial score (nSPS) is 30.2. The second kappa shape index (κ2) is 7.77. The lowest BCUT2D eigenvalue weighted by Gasteiger charge is -2.31. The molecule has 154 valence electrons. The van der Waals surface area contributed by atoms with Gasteiger partial charge in [0.2, 0.25) is 11.8 Å². The average molecular weight is 396 g/mol. The van der Waals surface area contributed by atoms with Crippen LogP contribution in [0.15, 0.2) is 30.3 Å². The molecule has 0 unspecified atom stereocenters. The van der Waals surface area contributed by atoms with Crippen LogP contribution in [0.2, 0.25) is 0 Å². The SMILES string of the molecule is C[C@@H](c1ccccc1)N1CC[C@H](N(C)C[C@H](N)C(=O)N2[C@H](C#N)C[C@@H]3C[C@@H]32)C1=O. The molecule has 2 aliphatic heterocycles. The topological polar surface area (TPSA) is 93.7 Å². The molecule has 1 aliphatic carbocycles. The first-order chi connectivity index (χ1) is 13.9. The molecule has 0 bridgehead atoms. The highest BCUT2D eigenvalue weighted by Gasteiger charge is 2.54. The number of nitrogens with two attached hydrogens (primary N) is 1. The number of nitrogens with zero attached hydrogens (tertiary/aromatic N) is 4. The molecule has 3 fully saturated rings. The third-order valence-corrected chi connectivity index (χ3v) is 6.80. The van der Waals surface area contributed by atoms with Crippen LogP contribution in [0.4, 0.5) is 0 Å². The Morgan fingerprint density at radius 1 is 1.34 bits per heavy atom. The van der Waals surface area contributed by atoms with Crippen LogP contribution in [0.1, 0.15) is 37.8 Å². The van der Waals surface area contributed by atoms with Crippen molar-refractivity contribution in [3.05, 3.63) is 35.9 Å². The molecule has 2 N–H and O–H groups in total. The van der Waals surface area contributed by atoms with Crippen molar-refractivity contribution in [2.24, 2.45) is 11.7 Å². The zero-order valence-corrected chi connectivity index (χ0v) is 17.1. The van der Waals surface area contributed by atoms with E-state index < -0.39 is 6.04 Å². The highest BCUT2D eigenvalue weighted by molar-refractivity contribution is 5.85. The molecule has 0 radical (unpaired) electrons. The number of carbonyl (C=O) groups is 2.